The first kappa shape index (κ1) is 15.8. The van der Waals surface area contributed by atoms with Crippen molar-refractivity contribution in [3.05, 3.63) is 29.8 Å². The van der Waals surface area contributed by atoms with Gasteiger partial charge in [0.25, 0.3) is 0 Å². The average molecular weight is 291 g/mol. The fourth-order valence-electron chi connectivity index (χ4n) is 2.79. The van der Waals surface area contributed by atoms with E-state index in [0.29, 0.717) is 19.4 Å². The molecule has 1 fully saturated rings. The minimum absolute atomic E-state index is 0.0172. The Morgan fingerprint density at radius 3 is 2.95 bits per heavy atom. The number of hydrogen-bond donors (Lipinski definition) is 1. The van der Waals surface area contributed by atoms with Gasteiger partial charge < -0.3 is 14.7 Å². The maximum Gasteiger partial charge on any atom is 0.223 e. The number of benzene rings is 1. The molecular weight excluding hydrogens is 266 g/mol. The Hall–Kier alpha value is -1.55. The Kier molecular flexibility index (Phi) is 6.05. The second kappa shape index (κ2) is 8.03. The quantitative estimate of drug-likeness (QED) is 0.819. The van der Waals surface area contributed by atoms with Crippen LogP contribution in [0.1, 0.15) is 37.7 Å². The molecule has 4 nitrogen and oxygen atoms in total. The summed E-state index contributed by atoms with van der Waals surface area (Å²) < 4.78 is 5.71. The SMILES string of the molecule is Cc1ccccc1OCCCC(=O)N1CCCCC1CO. The molecule has 0 aromatic heterocycles. The van der Waals surface area contributed by atoms with E-state index < -0.39 is 0 Å². The van der Waals surface area contributed by atoms with E-state index in [-0.39, 0.29) is 18.6 Å². The number of rotatable bonds is 6. The summed E-state index contributed by atoms with van der Waals surface area (Å²) in [6, 6.07) is 7.91. The van der Waals surface area contributed by atoms with E-state index >= 15 is 0 Å². The number of aliphatic hydroxyl groups is 1. The summed E-state index contributed by atoms with van der Waals surface area (Å²) in [7, 11) is 0. The van der Waals surface area contributed by atoms with Gasteiger partial charge in [-0.25, -0.2) is 0 Å². The van der Waals surface area contributed by atoms with Gasteiger partial charge in [-0.05, 0) is 44.2 Å². The minimum Gasteiger partial charge on any atom is -0.493 e. The van der Waals surface area contributed by atoms with Gasteiger partial charge in [-0.15, -0.1) is 0 Å². The van der Waals surface area contributed by atoms with Crippen molar-refractivity contribution in [2.24, 2.45) is 0 Å². The van der Waals surface area contributed by atoms with Crippen LogP contribution in [0.4, 0.5) is 0 Å². The van der Waals surface area contributed by atoms with Crippen LogP contribution < -0.4 is 4.74 Å². The van der Waals surface area contributed by atoms with Gasteiger partial charge in [-0.1, -0.05) is 18.2 Å². The van der Waals surface area contributed by atoms with E-state index in [2.05, 4.69) is 0 Å². The summed E-state index contributed by atoms with van der Waals surface area (Å²) in [6.45, 7) is 3.42. The minimum atomic E-state index is 0.0172. The lowest BCUT2D eigenvalue weighted by atomic mass is 10.0. The molecule has 4 heteroatoms. The Balaban J connectivity index is 1.73. The highest BCUT2D eigenvalue weighted by Gasteiger charge is 2.25. The molecule has 1 amide bonds. The molecule has 1 aromatic rings. The number of para-hydroxylation sites is 1. The highest BCUT2D eigenvalue weighted by atomic mass is 16.5. The third-order valence-corrected chi connectivity index (χ3v) is 4.04. The van der Waals surface area contributed by atoms with Crippen molar-refractivity contribution in [2.75, 3.05) is 19.8 Å². The molecule has 2 rings (SSSR count). The van der Waals surface area contributed by atoms with E-state index in [1.807, 2.05) is 36.1 Å². The molecule has 1 saturated heterocycles. The van der Waals surface area contributed by atoms with Crippen LogP contribution in [0.25, 0.3) is 0 Å². The first-order valence-electron chi connectivity index (χ1n) is 7.81. The zero-order chi connectivity index (χ0) is 15.1. The molecule has 0 bridgehead atoms. The Morgan fingerprint density at radius 2 is 2.19 bits per heavy atom. The Morgan fingerprint density at radius 1 is 1.38 bits per heavy atom. The number of ether oxygens (including phenoxy) is 1. The van der Waals surface area contributed by atoms with Crippen LogP contribution in [0.5, 0.6) is 5.75 Å². The smallest absolute Gasteiger partial charge is 0.223 e. The first-order chi connectivity index (χ1) is 10.2. The second-order valence-corrected chi connectivity index (χ2v) is 5.64. The fraction of sp³-hybridized carbons (Fsp3) is 0.588. The third kappa shape index (κ3) is 4.46. The zero-order valence-electron chi connectivity index (χ0n) is 12.8. The van der Waals surface area contributed by atoms with Crippen molar-refractivity contribution < 1.29 is 14.6 Å². The highest BCUT2D eigenvalue weighted by molar-refractivity contribution is 5.76. The van der Waals surface area contributed by atoms with Crippen LogP contribution in [0.3, 0.4) is 0 Å². The predicted octanol–water partition coefficient (Wildman–Crippen LogP) is 2.53. The summed E-state index contributed by atoms with van der Waals surface area (Å²) in [5.74, 6) is 1.03. The van der Waals surface area contributed by atoms with Crippen LogP contribution in [-0.4, -0.2) is 41.7 Å². The van der Waals surface area contributed by atoms with E-state index in [0.717, 1.165) is 37.1 Å². The van der Waals surface area contributed by atoms with E-state index in [1.165, 1.54) is 0 Å². The monoisotopic (exact) mass is 291 g/mol. The second-order valence-electron chi connectivity index (χ2n) is 5.64. The van der Waals surface area contributed by atoms with Gasteiger partial charge in [0.2, 0.25) is 5.91 Å². The molecule has 1 aromatic carbocycles. The van der Waals surface area contributed by atoms with Gasteiger partial charge in [-0.2, -0.15) is 0 Å². The van der Waals surface area contributed by atoms with Gasteiger partial charge in [0.05, 0.1) is 19.3 Å². The summed E-state index contributed by atoms with van der Waals surface area (Å²) in [5.41, 5.74) is 1.11. The van der Waals surface area contributed by atoms with Crippen LogP contribution in [0.2, 0.25) is 0 Å². The first-order valence-corrected chi connectivity index (χ1v) is 7.81. The van der Waals surface area contributed by atoms with Crippen molar-refractivity contribution >= 4 is 5.91 Å². The van der Waals surface area contributed by atoms with Gasteiger partial charge in [0.1, 0.15) is 5.75 Å². The summed E-state index contributed by atoms with van der Waals surface area (Å²) in [5, 5.41) is 9.34. The number of likely N-dealkylation sites (tertiary alicyclic amines) is 1. The molecule has 1 unspecified atom stereocenters. The highest BCUT2D eigenvalue weighted by Crippen LogP contribution is 2.19. The largest absolute Gasteiger partial charge is 0.493 e. The topological polar surface area (TPSA) is 49.8 Å². The molecule has 1 atom stereocenters. The number of piperidine rings is 1. The predicted molar refractivity (Wildman–Crippen MR) is 82.3 cm³/mol. The van der Waals surface area contributed by atoms with Crippen LogP contribution in [0.15, 0.2) is 24.3 Å². The van der Waals surface area contributed by atoms with Crippen LogP contribution in [0, 0.1) is 6.92 Å². The molecule has 1 heterocycles. The maximum atomic E-state index is 12.2. The van der Waals surface area contributed by atoms with Gasteiger partial charge >= 0.3 is 0 Å². The van der Waals surface area contributed by atoms with E-state index in [9.17, 15) is 9.90 Å². The number of nitrogens with zero attached hydrogens (tertiary/aromatic N) is 1. The normalized spacial score (nSPS) is 18.6. The van der Waals surface area contributed by atoms with Crippen molar-refractivity contribution in [3.63, 3.8) is 0 Å². The van der Waals surface area contributed by atoms with Crippen molar-refractivity contribution in [3.8, 4) is 5.75 Å². The van der Waals surface area contributed by atoms with Crippen LogP contribution in [-0.2, 0) is 4.79 Å². The fourth-order valence-corrected chi connectivity index (χ4v) is 2.79. The Bertz CT molecular complexity index is 461. The van der Waals surface area contributed by atoms with Crippen molar-refractivity contribution in [1.82, 2.24) is 4.90 Å². The van der Waals surface area contributed by atoms with Crippen molar-refractivity contribution in [2.45, 2.75) is 45.1 Å². The third-order valence-electron chi connectivity index (χ3n) is 4.04. The molecule has 21 heavy (non-hydrogen) atoms. The molecule has 0 saturated carbocycles. The molecule has 1 aliphatic heterocycles. The lowest BCUT2D eigenvalue weighted by Crippen LogP contribution is -2.45. The number of amides is 1. The summed E-state index contributed by atoms with van der Waals surface area (Å²) >= 11 is 0. The standard InChI is InChI=1S/C17H25NO3/c1-14-7-2-3-9-16(14)21-12-6-10-17(20)18-11-5-4-8-15(18)13-19/h2-3,7,9,15,19H,4-6,8,10-13H2,1H3. The molecular formula is C17H25NO3. The van der Waals surface area contributed by atoms with E-state index in [1.54, 1.807) is 0 Å². The molecule has 0 aliphatic carbocycles. The van der Waals surface area contributed by atoms with Crippen molar-refractivity contribution in [1.29, 1.82) is 0 Å². The van der Waals surface area contributed by atoms with Gasteiger partial charge in [0.15, 0.2) is 0 Å². The number of aryl methyl sites for hydroxylation is 1. The lowest BCUT2D eigenvalue weighted by Gasteiger charge is -2.34. The Labute approximate surface area is 126 Å². The zero-order valence-corrected chi connectivity index (χ0v) is 12.8. The lowest BCUT2D eigenvalue weighted by molar-refractivity contribution is -0.136. The number of aliphatic hydroxyl groups excluding tert-OH is 1. The molecule has 0 spiro atoms. The number of carbonyl (C=O) groups excluding carboxylic acids is 1. The number of hydrogen-bond acceptors (Lipinski definition) is 3. The van der Waals surface area contributed by atoms with Gasteiger partial charge in [0, 0.05) is 13.0 Å². The van der Waals surface area contributed by atoms with Gasteiger partial charge in [-0.3, -0.25) is 4.79 Å². The van der Waals surface area contributed by atoms with E-state index in [4.69, 9.17) is 4.74 Å². The molecule has 116 valence electrons. The summed E-state index contributed by atoms with van der Waals surface area (Å²) in [4.78, 5) is 14.0. The number of carbonyl (C=O) groups is 1. The average Bonchev–Trinajstić information content (AvgIpc) is 2.52. The molecule has 1 aliphatic rings. The van der Waals surface area contributed by atoms with Crippen LogP contribution >= 0.6 is 0 Å². The maximum absolute atomic E-state index is 12.2. The molecule has 0 radical (unpaired) electrons. The molecule has 1 N–H and O–H groups in total. The summed E-state index contributed by atoms with van der Waals surface area (Å²) in [6.07, 6.45) is 4.26.